The lowest BCUT2D eigenvalue weighted by Gasteiger charge is -1.88. The van der Waals surface area contributed by atoms with E-state index in [2.05, 4.69) is 9.97 Å². The van der Waals surface area contributed by atoms with Gasteiger partial charge >= 0.3 is 5.84 Å². The molecule has 0 spiro atoms. The topological polar surface area (TPSA) is 67.2 Å². The van der Waals surface area contributed by atoms with Gasteiger partial charge in [-0.15, -0.1) is 0 Å². The number of oxazole rings is 1. The minimum absolute atomic E-state index is 0.0379. The molecule has 3 rings (SSSR count). The quantitative estimate of drug-likeness (QED) is 0.568. The third-order valence-corrected chi connectivity index (χ3v) is 2.03. The smallest absolute Gasteiger partial charge is 0.311 e. The van der Waals surface area contributed by atoms with Crippen molar-refractivity contribution >= 4 is 16.9 Å². The molecule has 0 unspecified atom stereocenters. The Morgan fingerprint density at radius 2 is 2.14 bits per heavy atom. The number of rotatable bonds is 0. The SMILES string of the molecule is N=c1ncn2c(n1)oc1ccccc12. The highest BCUT2D eigenvalue weighted by atomic mass is 16.4. The summed E-state index contributed by atoms with van der Waals surface area (Å²) in [6.07, 6.45) is 1.54. The highest BCUT2D eigenvalue weighted by Gasteiger charge is 2.04. The molecule has 68 valence electrons. The third-order valence-electron chi connectivity index (χ3n) is 2.03. The molecule has 2 aromatic heterocycles. The van der Waals surface area contributed by atoms with Crippen LogP contribution in [0.3, 0.4) is 0 Å². The van der Waals surface area contributed by atoms with Crippen molar-refractivity contribution in [2.75, 3.05) is 0 Å². The zero-order valence-electron chi connectivity index (χ0n) is 7.14. The van der Waals surface area contributed by atoms with E-state index >= 15 is 0 Å². The molecule has 0 aliphatic rings. The Labute approximate surface area is 78.2 Å². The molecule has 0 saturated carbocycles. The van der Waals surface area contributed by atoms with Crippen LogP contribution in [0.1, 0.15) is 0 Å². The van der Waals surface area contributed by atoms with Gasteiger partial charge in [-0.25, -0.2) is 4.98 Å². The lowest BCUT2D eigenvalue weighted by Crippen LogP contribution is -2.11. The highest BCUT2D eigenvalue weighted by molar-refractivity contribution is 5.75. The summed E-state index contributed by atoms with van der Waals surface area (Å²) in [5, 5.41) is 7.25. The van der Waals surface area contributed by atoms with Crippen molar-refractivity contribution in [1.29, 1.82) is 5.41 Å². The van der Waals surface area contributed by atoms with E-state index in [0.717, 1.165) is 11.1 Å². The number of benzene rings is 1. The van der Waals surface area contributed by atoms with Crippen molar-refractivity contribution in [3.8, 4) is 0 Å². The fourth-order valence-corrected chi connectivity index (χ4v) is 1.41. The normalized spacial score (nSPS) is 11.1. The summed E-state index contributed by atoms with van der Waals surface area (Å²) in [4.78, 5) is 7.65. The molecule has 0 bridgehead atoms. The summed E-state index contributed by atoms with van der Waals surface area (Å²) in [7, 11) is 0. The van der Waals surface area contributed by atoms with Gasteiger partial charge in [-0.05, 0) is 12.1 Å². The minimum atomic E-state index is -0.0379. The number of nitrogens with zero attached hydrogens (tertiary/aromatic N) is 3. The molecule has 3 aromatic rings. The van der Waals surface area contributed by atoms with E-state index < -0.39 is 0 Å². The van der Waals surface area contributed by atoms with Crippen LogP contribution < -0.4 is 5.62 Å². The van der Waals surface area contributed by atoms with Gasteiger partial charge in [0.15, 0.2) is 5.58 Å². The van der Waals surface area contributed by atoms with Crippen LogP contribution in [-0.4, -0.2) is 14.4 Å². The minimum Gasteiger partial charge on any atom is -0.423 e. The summed E-state index contributed by atoms with van der Waals surface area (Å²) in [5.41, 5.74) is 1.61. The van der Waals surface area contributed by atoms with Crippen molar-refractivity contribution in [1.82, 2.24) is 14.4 Å². The van der Waals surface area contributed by atoms with E-state index in [1.807, 2.05) is 24.3 Å². The summed E-state index contributed by atoms with van der Waals surface area (Å²) >= 11 is 0. The maximum Gasteiger partial charge on any atom is 0.311 e. The first kappa shape index (κ1) is 7.25. The largest absolute Gasteiger partial charge is 0.423 e. The van der Waals surface area contributed by atoms with E-state index in [4.69, 9.17) is 9.83 Å². The van der Waals surface area contributed by atoms with Gasteiger partial charge in [0.05, 0.1) is 5.52 Å². The van der Waals surface area contributed by atoms with Gasteiger partial charge in [0.2, 0.25) is 5.62 Å². The van der Waals surface area contributed by atoms with Gasteiger partial charge in [-0.2, -0.15) is 4.98 Å². The van der Waals surface area contributed by atoms with Crippen molar-refractivity contribution in [3.05, 3.63) is 36.2 Å². The molecule has 0 saturated heterocycles. The molecule has 5 nitrogen and oxygen atoms in total. The molecule has 1 N–H and O–H groups in total. The third kappa shape index (κ3) is 0.861. The van der Waals surface area contributed by atoms with Gasteiger partial charge in [-0.1, -0.05) is 12.1 Å². The molecule has 14 heavy (non-hydrogen) atoms. The number of aromatic nitrogens is 3. The molecule has 0 radical (unpaired) electrons. The van der Waals surface area contributed by atoms with Gasteiger partial charge in [0.25, 0.3) is 0 Å². The average Bonchev–Trinajstić information content (AvgIpc) is 2.54. The zero-order valence-corrected chi connectivity index (χ0v) is 7.14. The first-order valence-electron chi connectivity index (χ1n) is 4.12. The van der Waals surface area contributed by atoms with Crippen LogP contribution in [0.5, 0.6) is 0 Å². The maximum atomic E-state index is 7.25. The molecule has 0 aliphatic carbocycles. The number of fused-ring (bicyclic) bond motifs is 3. The summed E-state index contributed by atoms with van der Waals surface area (Å²) < 4.78 is 7.14. The number of para-hydroxylation sites is 2. The van der Waals surface area contributed by atoms with Gasteiger partial charge in [0, 0.05) is 0 Å². The van der Waals surface area contributed by atoms with Crippen molar-refractivity contribution in [2.24, 2.45) is 0 Å². The first-order chi connectivity index (χ1) is 6.84. The van der Waals surface area contributed by atoms with E-state index in [0.29, 0.717) is 5.84 Å². The molecule has 2 heterocycles. The Bertz CT molecular complexity index is 667. The summed E-state index contributed by atoms with van der Waals surface area (Å²) in [6.45, 7) is 0. The van der Waals surface area contributed by atoms with Crippen LogP contribution in [0.4, 0.5) is 0 Å². The highest BCUT2D eigenvalue weighted by Crippen LogP contribution is 2.16. The Morgan fingerprint density at radius 3 is 3.07 bits per heavy atom. The second-order valence-corrected chi connectivity index (χ2v) is 2.90. The lowest BCUT2D eigenvalue weighted by atomic mass is 10.3. The Hall–Kier alpha value is -2.17. The standard InChI is InChI=1S/C9H6N4O/c10-8-11-5-13-6-3-1-2-4-7(6)14-9(13)12-8/h1-5,10H. The van der Waals surface area contributed by atoms with E-state index in [-0.39, 0.29) is 5.62 Å². The number of nitrogens with one attached hydrogen (secondary N) is 1. The second-order valence-electron chi connectivity index (χ2n) is 2.90. The number of hydrogen-bond acceptors (Lipinski definition) is 4. The van der Waals surface area contributed by atoms with Gasteiger partial charge < -0.3 is 4.42 Å². The van der Waals surface area contributed by atoms with E-state index in [1.165, 1.54) is 6.33 Å². The lowest BCUT2D eigenvalue weighted by molar-refractivity contribution is 0.625. The predicted molar refractivity (Wildman–Crippen MR) is 48.6 cm³/mol. The van der Waals surface area contributed by atoms with Gasteiger partial charge in [0.1, 0.15) is 6.33 Å². The Kier molecular flexibility index (Phi) is 1.25. The first-order valence-corrected chi connectivity index (χ1v) is 4.12. The van der Waals surface area contributed by atoms with Gasteiger partial charge in [-0.3, -0.25) is 9.81 Å². The molecule has 0 fully saturated rings. The summed E-state index contributed by atoms with van der Waals surface area (Å²) in [5.74, 6) is 0.395. The molecule has 5 heteroatoms. The molecule has 1 aromatic carbocycles. The molecule has 0 amide bonds. The van der Waals surface area contributed by atoms with Crippen molar-refractivity contribution in [3.63, 3.8) is 0 Å². The van der Waals surface area contributed by atoms with Crippen molar-refractivity contribution < 1.29 is 4.42 Å². The molecule has 0 atom stereocenters. The second kappa shape index (κ2) is 2.41. The monoisotopic (exact) mass is 186 g/mol. The van der Waals surface area contributed by atoms with Crippen LogP contribution >= 0.6 is 0 Å². The van der Waals surface area contributed by atoms with Crippen molar-refractivity contribution in [2.45, 2.75) is 0 Å². The predicted octanol–water partition coefficient (Wildman–Crippen LogP) is 0.955. The zero-order chi connectivity index (χ0) is 9.54. The average molecular weight is 186 g/mol. The van der Waals surface area contributed by atoms with Crippen LogP contribution in [0.15, 0.2) is 35.0 Å². The van der Waals surface area contributed by atoms with E-state index in [1.54, 1.807) is 4.40 Å². The fourth-order valence-electron chi connectivity index (χ4n) is 1.41. The van der Waals surface area contributed by atoms with Crippen LogP contribution in [0, 0.1) is 5.41 Å². The molecular formula is C9H6N4O. The molecular weight excluding hydrogens is 180 g/mol. The summed E-state index contributed by atoms with van der Waals surface area (Å²) in [6, 6.07) is 7.58. The molecule has 0 aliphatic heterocycles. The van der Waals surface area contributed by atoms with E-state index in [9.17, 15) is 0 Å². The van der Waals surface area contributed by atoms with Crippen LogP contribution in [-0.2, 0) is 0 Å². The maximum absolute atomic E-state index is 7.25. The Balaban J connectivity index is 2.63. The Morgan fingerprint density at radius 1 is 1.29 bits per heavy atom. The number of hydrogen-bond donors (Lipinski definition) is 1. The fraction of sp³-hybridized carbons (Fsp3) is 0. The van der Waals surface area contributed by atoms with Crippen LogP contribution in [0.25, 0.3) is 16.9 Å². The van der Waals surface area contributed by atoms with Crippen LogP contribution in [0.2, 0.25) is 0 Å².